The van der Waals surface area contributed by atoms with E-state index < -0.39 is 7.26 Å². The third-order valence-corrected chi connectivity index (χ3v) is 9.11. The third-order valence-electron chi connectivity index (χ3n) is 3.04. The number of aliphatic hydroxyl groups is 2. The summed E-state index contributed by atoms with van der Waals surface area (Å²) in [7, 11) is -1.81. The van der Waals surface area contributed by atoms with E-state index in [-0.39, 0.29) is 11.7 Å². The zero-order valence-corrected chi connectivity index (χ0v) is 9.67. The van der Waals surface area contributed by atoms with Crippen molar-refractivity contribution in [2.24, 2.45) is 0 Å². The zero-order valence-electron chi connectivity index (χ0n) is 8.67. The quantitative estimate of drug-likeness (QED) is 0.656. The van der Waals surface area contributed by atoms with E-state index in [2.05, 4.69) is 13.8 Å². The second kappa shape index (κ2) is 5.16. The molecule has 0 saturated carbocycles. The van der Waals surface area contributed by atoms with Crippen molar-refractivity contribution in [3.05, 3.63) is 0 Å². The molecular weight excluding hydrogens is 171 g/mol. The van der Waals surface area contributed by atoms with Crippen molar-refractivity contribution in [1.82, 2.24) is 0 Å². The van der Waals surface area contributed by atoms with E-state index in [1.807, 2.05) is 13.8 Å². The van der Waals surface area contributed by atoms with Gasteiger partial charge in [0.2, 0.25) is 0 Å². The van der Waals surface area contributed by atoms with E-state index in [0.717, 1.165) is 18.7 Å². The Kier molecular flexibility index (Phi) is 5.31. The summed E-state index contributed by atoms with van der Waals surface area (Å²) in [5.41, 5.74) is 0. The van der Waals surface area contributed by atoms with E-state index in [1.54, 1.807) is 0 Å². The average molecular weight is 194 g/mol. The van der Waals surface area contributed by atoms with Crippen molar-refractivity contribution in [2.75, 3.05) is 12.3 Å². The van der Waals surface area contributed by atoms with E-state index in [9.17, 15) is 10.2 Å². The van der Waals surface area contributed by atoms with Gasteiger partial charge in [-0.2, -0.15) is 0 Å². The molecule has 76 valence electrons. The van der Waals surface area contributed by atoms with Crippen molar-refractivity contribution in [1.29, 1.82) is 0 Å². The normalized spacial score (nSPS) is 18.8. The van der Waals surface area contributed by atoms with Crippen LogP contribution in [0.3, 0.4) is 0 Å². The number of rotatable bonds is 5. The van der Waals surface area contributed by atoms with E-state index >= 15 is 0 Å². The molecule has 0 saturated heterocycles. The molecule has 3 heteroatoms. The van der Waals surface area contributed by atoms with Crippen molar-refractivity contribution in [3.8, 4) is 0 Å². The average Bonchev–Trinajstić information content (AvgIpc) is 1.98. The first-order chi connectivity index (χ1) is 5.51. The van der Waals surface area contributed by atoms with Crippen LogP contribution < -0.4 is 0 Å². The zero-order chi connectivity index (χ0) is 9.78. The second-order valence-corrected chi connectivity index (χ2v) is 9.03. The van der Waals surface area contributed by atoms with Crippen LogP contribution >= 0.6 is 7.26 Å². The van der Waals surface area contributed by atoms with Crippen molar-refractivity contribution < 1.29 is 10.2 Å². The van der Waals surface area contributed by atoms with Gasteiger partial charge in [0.15, 0.2) is 0 Å². The predicted molar refractivity (Wildman–Crippen MR) is 57.4 cm³/mol. The summed E-state index contributed by atoms with van der Waals surface area (Å²) >= 11 is 0. The molecule has 12 heavy (non-hydrogen) atoms. The van der Waals surface area contributed by atoms with Crippen LogP contribution in [0, 0.1) is 0 Å². The van der Waals surface area contributed by atoms with Crippen LogP contribution in [0.1, 0.15) is 34.1 Å². The van der Waals surface area contributed by atoms with Gasteiger partial charge in [0.05, 0.1) is 0 Å². The number of aliphatic hydroxyl groups excluding tert-OH is 2. The van der Waals surface area contributed by atoms with Crippen LogP contribution in [0.4, 0.5) is 0 Å². The standard InChI is InChI=1S/C9H23O2P/c1-5-7-12(6-2,8(3)10)9(4)11/h8-12H,5-7H2,1-4H3. The first kappa shape index (κ1) is 12.3. The molecular formula is C9H23O2P. The molecule has 0 aromatic rings. The molecule has 2 N–H and O–H groups in total. The topological polar surface area (TPSA) is 40.5 Å². The van der Waals surface area contributed by atoms with E-state index in [0.29, 0.717) is 0 Å². The van der Waals surface area contributed by atoms with Crippen LogP contribution in [0.5, 0.6) is 0 Å². The third kappa shape index (κ3) is 2.42. The minimum atomic E-state index is -1.81. The van der Waals surface area contributed by atoms with Gasteiger partial charge in [0, 0.05) is 0 Å². The fourth-order valence-corrected chi connectivity index (χ4v) is 6.00. The Hall–Kier alpha value is 0.350. The molecule has 0 aliphatic heterocycles. The van der Waals surface area contributed by atoms with Gasteiger partial charge in [0.1, 0.15) is 0 Å². The van der Waals surface area contributed by atoms with Gasteiger partial charge < -0.3 is 0 Å². The molecule has 0 rings (SSSR count). The van der Waals surface area contributed by atoms with Crippen LogP contribution in [0.15, 0.2) is 0 Å². The summed E-state index contributed by atoms with van der Waals surface area (Å²) in [6.07, 6.45) is 3.06. The first-order valence-corrected chi connectivity index (χ1v) is 7.44. The molecule has 0 spiro atoms. The van der Waals surface area contributed by atoms with Crippen molar-refractivity contribution in [3.63, 3.8) is 0 Å². The Morgan fingerprint density at radius 3 is 1.58 bits per heavy atom. The summed E-state index contributed by atoms with van der Waals surface area (Å²) in [4.78, 5) is 0. The van der Waals surface area contributed by atoms with Gasteiger partial charge in [-0.05, 0) is 0 Å². The Labute approximate surface area is 76.3 Å². The molecule has 0 aliphatic carbocycles. The molecule has 0 fully saturated rings. The van der Waals surface area contributed by atoms with Gasteiger partial charge >= 0.3 is 75.6 Å². The molecule has 2 unspecified atom stereocenters. The fraction of sp³-hybridized carbons (Fsp3) is 1.00. The van der Waals surface area contributed by atoms with Crippen LogP contribution in [0.25, 0.3) is 0 Å². The monoisotopic (exact) mass is 194 g/mol. The van der Waals surface area contributed by atoms with Crippen molar-refractivity contribution in [2.45, 2.75) is 45.8 Å². The first-order valence-electron chi connectivity index (χ1n) is 4.87. The molecule has 0 aromatic heterocycles. The predicted octanol–water partition coefficient (Wildman–Crippen LogP) is 1.84. The Balaban J connectivity index is 4.51. The van der Waals surface area contributed by atoms with Crippen LogP contribution in [0.2, 0.25) is 0 Å². The molecule has 0 heterocycles. The molecule has 2 nitrogen and oxygen atoms in total. The maximum absolute atomic E-state index is 9.67. The second-order valence-electron chi connectivity index (χ2n) is 3.69. The Bertz CT molecular complexity index is 116. The van der Waals surface area contributed by atoms with Gasteiger partial charge in [-0.25, -0.2) is 0 Å². The number of hydrogen-bond donors (Lipinski definition) is 2. The Morgan fingerprint density at radius 1 is 1.08 bits per heavy atom. The van der Waals surface area contributed by atoms with Gasteiger partial charge in [-0.1, -0.05) is 0 Å². The summed E-state index contributed by atoms with van der Waals surface area (Å²) in [5.74, 6) is -0.579. The van der Waals surface area contributed by atoms with Crippen molar-refractivity contribution >= 4 is 7.26 Å². The van der Waals surface area contributed by atoms with E-state index in [1.165, 1.54) is 0 Å². The molecule has 0 aliphatic rings. The van der Waals surface area contributed by atoms with Crippen LogP contribution in [-0.2, 0) is 0 Å². The van der Waals surface area contributed by atoms with Gasteiger partial charge in [-0.3, -0.25) is 0 Å². The molecule has 0 amide bonds. The van der Waals surface area contributed by atoms with Crippen LogP contribution in [-0.4, -0.2) is 34.2 Å². The summed E-state index contributed by atoms with van der Waals surface area (Å²) in [5, 5.41) is 19.3. The molecule has 0 bridgehead atoms. The summed E-state index contributed by atoms with van der Waals surface area (Å²) in [6, 6.07) is 0. The molecule has 0 aromatic carbocycles. The minimum absolute atomic E-state index is 0.289. The van der Waals surface area contributed by atoms with E-state index in [4.69, 9.17) is 0 Å². The maximum atomic E-state index is 9.67. The Morgan fingerprint density at radius 2 is 1.50 bits per heavy atom. The summed E-state index contributed by atoms with van der Waals surface area (Å²) in [6.45, 7) is 7.86. The SMILES string of the molecule is CCC[PH](CC)(C(C)O)C(C)O. The molecule has 0 radical (unpaired) electrons. The fourth-order valence-electron chi connectivity index (χ4n) is 2.00. The molecule has 2 atom stereocenters. The van der Waals surface area contributed by atoms with Gasteiger partial charge in [-0.15, -0.1) is 0 Å². The number of hydrogen-bond acceptors (Lipinski definition) is 2. The van der Waals surface area contributed by atoms with Gasteiger partial charge in [0.25, 0.3) is 0 Å². The summed E-state index contributed by atoms with van der Waals surface area (Å²) < 4.78 is 0.